The van der Waals surface area contributed by atoms with Crippen LogP contribution in [0.25, 0.3) is 0 Å². The van der Waals surface area contributed by atoms with E-state index < -0.39 is 0 Å². The van der Waals surface area contributed by atoms with E-state index in [2.05, 4.69) is 31.0 Å². The summed E-state index contributed by atoms with van der Waals surface area (Å²) in [7, 11) is 0. The third-order valence-electron chi connectivity index (χ3n) is 4.32. The highest BCUT2D eigenvalue weighted by atomic mass is 15.2. The zero-order valence-electron chi connectivity index (χ0n) is 11.2. The predicted octanol–water partition coefficient (Wildman–Crippen LogP) is 2.49. The molecule has 3 unspecified atom stereocenters. The lowest BCUT2D eigenvalue weighted by molar-refractivity contribution is 0.141. The first-order valence-corrected chi connectivity index (χ1v) is 7.17. The van der Waals surface area contributed by atoms with Crippen LogP contribution in [0.4, 0.5) is 0 Å². The molecule has 94 valence electrons. The molecular weight excluding hydrogens is 196 g/mol. The number of likely N-dealkylation sites (tertiary alicyclic amines) is 1. The summed E-state index contributed by atoms with van der Waals surface area (Å²) in [6.45, 7) is 10.6. The molecule has 1 aliphatic heterocycles. The maximum atomic E-state index is 3.63. The van der Waals surface area contributed by atoms with Gasteiger partial charge in [-0.1, -0.05) is 20.8 Å². The van der Waals surface area contributed by atoms with Gasteiger partial charge in [0.2, 0.25) is 0 Å². The molecule has 1 heterocycles. The van der Waals surface area contributed by atoms with Gasteiger partial charge in [-0.3, -0.25) is 4.90 Å². The molecule has 2 heteroatoms. The molecule has 1 saturated carbocycles. The van der Waals surface area contributed by atoms with E-state index in [0.717, 1.165) is 23.9 Å². The molecule has 2 rings (SSSR count). The molecule has 0 aromatic rings. The van der Waals surface area contributed by atoms with Crippen LogP contribution in [-0.4, -0.2) is 36.6 Å². The molecule has 3 atom stereocenters. The monoisotopic (exact) mass is 224 g/mol. The molecule has 16 heavy (non-hydrogen) atoms. The third-order valence-corrected chi connectivity index (χ3v) is 4.32. The minimum Gasteiger partial charge on any atom is -0.315 e. The van der Waals surface area contributed by atoms with Crippen molar-refractivity contribution in [2.75, 3.05) is 19.6 Å². The fourth-order valence-electron chi connectivity index (χ4n) is 3.44. The summed E-state index contributed by atoms with van der Waals surface area (Å²) in [5.74, 6) is 1.80. The molecule has 1 saturated heterocycles. The van der Waals surface area contributed by atoms with E-state index in [9.17, 15) is 0 Å². The summed E-state index contributed by atoms with van der Waals surface area (Å²) < 4.78 is 0. The Balaban J connectivity index is 1.76. The van der Waals surface area contributed by atoms with Gasteiger partial charge in [0.15, 0.2) is 0 Å². The Morgan fingerprint density at radius 2 is 2.06 bits per heavy atom. The molecule has 2 nitrogen and oxygen atoms in total. The van der Waals surface area contributed by atoms with Gasteiger partial charge in [0, 0.05) is 25.2 Å². The van der Waals surface area contributed by atoms with E-state index in [1.165, 1.54) is 45.3 Å². The standard InChI is InChI=1S/C14H28N2/c1-4-13(9-15-8-11(2)3)16-10-12-5-6-14(16)7-12/h11-15H,4-10H2,1-3H3. The zero-order chi connectivity index (χ0) is 11.5. The van der Waals surface area contributed by atoms with Crippen molar-refractivity contribution in [3.63, 3.8) is 0 Å². The van der Waals surface area contributed by atoms with E-state index in [1.807, 2.05) is 0 Å². The average Bonchev–Trinajstić information content (AvgIpc) is 2.85. The normalized spacial score (nSPS) is 31.5. The van der Waals surface area contributed by atoms with Gasteiger partial charge in [-0.15, -0.1) is 0 Å². The molecule has 0 spiro atoms. The third kappa shape index (κ3) is 2.78. The molecule has 0 aromatic heterocycles. The minimum atomic E-state index is 0.771. The Bertz CT molecular complexity index is 215. The van der Waals surface area contributed by atoms with Crippen LogP contribution in [-0.2, 0) is 0 Å². The molecule has 2 fully saturated rings. The lowest BCUT2D eigenvalue weighted by atomic mass is 10.1. The molecule has 0 amide bonds. The van der Waals surface area contributed by atoms with Crippen LogP contribution in [0.5, 0.6) is 0 Å². The number of hydrogen-bond donors (Lipinski definition) is 1. The number of rotatable bonds is 6. The Morgan fingerprint density at radius 1 is 1.25 bits per heavy atom. The molecule has 2 bridgehead atoms. The largest absolute Gasteiger partial charge is 0.315 e. The second kappa shape index (κ2) is 5.50. The molecule has 0 aromatic carbocycles. The van der Waals surface area contributed by atoms with Gasteiger partial charge in [0.1, 0.15) is 0 Å². The molecular formula is C14H28N2. The smallest absolute Gasteiger partial charge is 0.0221 e. The molecule has 1 N–H and O–H groups in total. The fraction of sp³-hybridized carbons (Fsp3) is 1.00. The van der Waals surface area contributed by atoms with Gasteiger partial charge in [-0.05, 0) is 44.1 Å². The highest BCUT2D eigenvalue weighted by Gasteiger charge is 2.40. The number of hydrogen-bond acceptors (Lipinski definition) is 2. The average molecular weight is 224 g/mol. The van der Waals surface area contributed by atoms with Gasteiger partial charge in [-0.2, -0.15) is 0 Å². The van der Waals surface area contributed by atoms with Crippen LogP contribution >= 0.6 is 0 Å². The Morgan fingerprint density at radius 3 is 2.56 bits per heavy atom. The summed E-state index contributed by atoms with van der Waals surface area (Å²) in [4.78, 5) is 2.79. The Kier molecular flexibility index (Phi) is 4.26. The molecule has 2 aliphatic rings. The summed E-state index contributed by atoms with van der Waals surface area (Å²) >= 11 is 0. The maximum Gasteiger partial charge on any atom is 0.0221 e. The van der Waals surface area contributed by atoms with Crippen molar-refractivity contribution in [1.82, 2.24) is 10.2 Å². The van der Waals surface area contributed by atoms with Crippen molar-refractivity contribution in [3.05, 3.63) is 0 Å². The maximum absolute atomic E-state index is 3.63. The van der Waals surface area contributed by atoms with Gasteiger partial charge in [0.05, 0.1) is 0 Å². The first-order valence-electron chi connectivity index (χ1n) is 7.17. The molecule has 1 aliphatic carbocycles. The van der Waals surface area contributed by atoms with Gasteiger partial charge < -0.3 is 5.32 Å². The summed E-state index contributed by atoms with van der Waals surface area (Å²) in [5.41, 5.74) is 0. The van der Waals surface area contributed by atoms with Gasteiger partial charge >= 0.3 is 0 Å². The highest BCUT2D eigenvalue weighted by molar-refractivity contribution is 4.95. The first kappa shape index (κ1) is 12.4. The minimum absolute atomic E-state index is 0.771. The first-order chi connectivity index (χ1) is 7.70. The summed E-state index contributed by atoms with van der Waals surface area (Å²) in [6.07, 6.45) is 5.75. The van der Waals surface area contributed by atoms with Crippen molar-refractivity contribution in [2.45, 2.75) is 58.5 Å². The SMILES string of the molecule is CCC(CNCC(C)C)N1CC2CCC1C2. The van der Waals surface area contributed by atoms with Crippen LogP contribution in [0.2, 0.25) is 0 Å². The topological polar surface area (TPSA) is 15.3 Å². The van der Waals surface area contributed by atoms with Crippen LogP contribution in [0.15, 0.2) is 0 Å². The van der Waals surface area contributed by atoms with Crippen molar-refractivity contribution in [3.8, 4) is 0 Å². The zero-order valence-corrected chi connectivity index (χ0v) is 11.2. The lowest BCUT2D eigenvalue weighted by Crippen LogP contribution is -2.46. The number of nitrogens with one attached hydrogen (secondary N) is 1. The van der Waals surface area contributed by atoms with Crippen LogP contribution in [0, 0.1) is 11.8 Å². The lowest BCUT2D eigenvalue weighted by Gasteiger charge is -2.34. The fourth-order valence-corrected chi connectivity index (χ4v) is 3.44. The van der Waals surface area contributed by atoms with Crippen molar-refractivity contribution >= 4 is 0 Å². The van der Waals surface area contributed by atoms with E-state index in [1.54, 1.807) is 0 Å². The molecule has 0 radical (unpaired) electrons. The van der Waals surface area contributed by atoms with Crippen LogP contribution in [0.1, 0.15) is 46.5 Å². The van der Waals surface area contributed by atoms with Gasteiger partial charge in [0.25, 0.3) is 0 Å². The number of fused-ring (bicyclic) bond motifs is 2. The van der Waals surface area contributed by atoms with E-state index >= 15 is 0 Å². The van der Waals surface area contributed by atoms with Crippen molar-refractivity contribution < 1.29 is 0 Å². The Labute approximate surface area is 101 Å². The second-order valence-corrected chi connectivity index (χ2v) is 6.14. The van der Waals surface area contributed by atoms with Crippen LogP contribution < -0.4 is 5.32 Å². The van der Waals surface area contributed by atoms with Crippen LogP contribution in [0.3, 0.4) is 0 Å². The van der Waals surface area contributed by atoms with Gasteiger partial charge in [-0.25, -0.2) is 0 Å². The quantitative estimate of drug-likeness (QED) is 0.746. The summed E-state index contributed by atoms with van der Waals surface area (Å²) in [5, 5.41) is 3.63. The predicted molar refractivity (Wildman–Crippen MR) is 69.6 cm³/mol. The van der Waals surface area contributed by atoms with Crippen molar-refractivity contribution in [2.24, 2.45) is 11.8 Å². The Hall–Kier alpha value is -0.0800. The number of nitrogens with zero attached hydrogens (tertiary/aromatic N) is 1. The van der Waals surface area contributed by atoms with Crippen molar-refractivity contribution in [1.29, 1.82) is 0 Å². The number of piperidine rings is 1. The van der Waals surface area contributed by atoms with E-state index in [4.69, 9.17) is 0 Å². The summed E-state index contributed by atoms with van der Waals surface area (Å²) in [6, 6.07) is 1.71. The van der Waals surface area contributed by atoms with E-state index in [-0.39, 0.29) is 0 Å². The second-order valence-electron chi connectivity index (χ2n) is 6.14. The van der Waals surface area contributed by atoms with E-state index in [0.29, 0.717) is 0 Å². The highest BCUT2D eigenvalue weighted by Crippen LogP contribution is 2.38.